The average Bonchev–Trinajstić information content (AvgIpc) is 2.42. The average molecular weight is 261 g/mol. The van der Waals surface area contributed by atoms with Gasteiger partial charge in [-0.15, -0.1) is 10.2 Å². The first-order valence-corrected chi connectivity index (χ1v) is 5.69. The van der Waals surface area contributed by atoms with Gasteiger partial charge < -0.3 is 10.6 Å². The molecule has 0 aliphatic rings. The van der Waals surface area contributed by atoms with Gasteiger partial charge in [-0.25, -0.2) is 4.39 Å². The van der Waals surface area contributed by atoms with Crippen molar-refractivity contribution in [2.24, 2.45) is 0 Å². The Labute approximate surface area is 109 Å². The number of carbonyl (C=O) groups is 1. The third-order valence-electron chi connectivity index (χ3n) is 2.28. The third kappa shape index (κ3) is 3.21. The van der Waals surface area contributed by atoms with Gasteiger partial charge in [-0.3, -0.25) is 9.78 Å². The minimum Gasteiger partial charge on any atom is -0.369 e. The van der Waals surface area contributed by atoms with E-state index >= 15 is 0 Å². The van der Waals surface area contributed by atoms with Gasteiger partial charge in [0.2, 0.25) is 0 Å². The number of amides is 1. The standard InChI is InChI=1S/C12H12FN5O/c1-2-15-11-4-3-10(17-18-11)12(19)16-9-5-6-14-7-8(9)13/h3-7H,2H2,1H3,(H,15,18)(H,14,16,19). The number of hydrogen-bond acceptors (Lipinski definition) is 5. The molecule has 98 valence electrons. The van der Waals surface area contributed by atoms with E-state index in [9.17, 15) is 9.18 Å². The molecule has 0 saturated carbocycles. The lowest BCUT2D eigenvalue weighted by Gasteiger charge is -2.05. The van der Waals surface area contributed by atoms with Crippen LogP contribution in [0.3, 0.4) is 0 Å². The third-order valence-corrected chi connectivity index (χ3v) is 2.28. The Balaban J connectivity index is 2.10. The van der Waals surface area contributed by atoms with E-state index in [0.29, 0.717) is 12.4 Å². The molecule has 2 N–H and O–H groups in total. The number of nitrogens with zero attached hydrogens (tertiary/aromatic N) is 3. The smallest absolute Gasteiger partial charge is 0.276 e. The number of pyridine rings is 1. The van der Waals surface area contributed by atoms with Crippen LogP contribution in [0.1, 0.15) is 17.4 Å². The molecule has 0 saturated heterocycles. The Morgan fingerprint density at radius 3 is 2.79 bits per heavy atom. The van der Waals surface area contributed by atoms with Crippen molar-refractivity contribution in [1.82, 2.24) is 15.2 Å². The number of aromatic nitrogens is 3. The van der Waals surface area contributed by atoms with Crippen LogP contribution in [0.25, 0.3) is 0 Å². The molecule has 2 rings (SSSR count). The van der Waals surface area contributed by atoms with Crippen LogP contribution in [-0.2, 0) is 0 Å². The van der Waals surface area contributed by atoms with Crippen molar-refractivity contribution >= 4 is 17.4 Å². The van der Waals surface area contributed by atoms with Gasteiger partial charge in [0, 0.05) is 12.7 Å². The Morgan fingerprint density at radius 2 is 2.16 bits per heavy atom. The van der Waals surface area contributed by atoms with Crippen molar-refractivity contribution in [2.45, 2.75) is 6.92 Å². The molecule has 0 fully saturated rings. The highest BCUT2D eigenvalue weighted by molar-refractivity contribution is 6.02. The van der Waals surface area contributed by atoms with E-state index in [2.05, 4.69) is 25.8 Å². The van der Waals surface area contributed by atoms with Crippen molar-refractivity contribution in [3.8, 4) is 0 Å². The van der Waals surface area contributed by atoms with E-state index in [0.717, 1.165) is 6.20 Å². The SMILES string of the molecule is CCNc1ccc(C(=O)Nc2ccncc2F)nn1. The molecule has 2 aromatic heterocycles. The van der Waals surface area contributed by atoms with Gasteiger partial charge in [0.05, 0.1) is 11.9 Å². The zero-order chi connectivity index (χ0) is 13.7. The summed E-state index contributed by atoms with van der Waals surface area (Å²) in [5.41, 5.74) is 0.162. The summed E-state index contributed by atoms with van der Waals surface area (Å²) in [6.45, 7) is 2.64. The topological polar surface area (TPSA) is 79.8 Å². The first-order chi connectivity index (χ1) is 9.20. The van der Waals surface area contributed by atoms with Crippen LogP contribution in [0.2, 0.25) is 0 Å². The summed E-state index contributed by atoms with van der Waals surface area (Å²) < 4.78 is 13.3. The Hall–Kier alpha value is -2.57. The Kier molecular flexibility index (Phi) is 3.97. The van der Waals surface area contributed by atoms with Crippen molar-refractivity contribution in [2.75, 3.05) is 17.2 Å². The van der Waals surface area contributed by atoms with Crippen LogP contribution in [0, 0.1) is 5.82 Å². The van der Waals surface area contributed by atoms with Gasteiger partial charge in [0.25, 0.3) is 5.91 Å². The van der Waals surface area contributed by atoms with Crippen molar-refractivity contribution in [1.29, 1.82) is 0 Å². The van der Waals surface area contributed by atoms with E-state index < -0.39 is 11.7 Å². The Morgan fingerprint density at radius 1 is 1.32 bits per heavy atom. The fourth-order valence-corrected chi connectivity index (χ4v) is 1.39. The summed E-state index contributed by atoms with van der Waals surface area (Å²) >= 11 is 0. The first kappa shape index (κ1) is 12.9. The molecule has 2 heterocycles. The second kappa shape index (κ2) is 5.85. The molecule has 0 aromatic carbocycles. The van der Waals surface area contributed by atoms with Gasteiger partial charge >= 0.3 is 0 Å². The fraction of sp³-hybridized carbons (Fsp3) is 0.167. The molecule has 7 heteroatoms. The van der Waals surface area contributed by atoms with E-state index in [-0.39, 0.29) is 11.4 Å². The number of carbonyl (C=O) groups excluding carboxylic acids is 1. The maximum Gasteiger partial charge on any atom is 0.276 e. The van der Waals surface area contributed by atoms with E-state index in [1.165, 1.54) is 18.3 Å². The van der Waals surface area contributed by atoms with E-state index in [4.69, 9.17) is 0 Å². The molecule has 0 bridgehead atoms. The second-order valence-electron chi connectivity index (χ2n) is 3.64. The highest BCUT2D eigenvalue weighted by Gasteiger charge is 2.11. The molecule has 0 unspecified atom stereocenters. The number of nitrogens with one attached hydrogen (secondary N) is 2. The first-order valence-electron chi connectivity index (χ1n) is 5.69. The quantitative estimate of drug-likeness (QED) is 0.875. The van der Waals surface area contributed by atoms with Gasteiger partial charge in [-0.05, 0) is 25.1 Å². The van der Waals surface area contributed by atoms with Crippen LogP contribution in [0.5, 0.6) is 0 Å². The predicted octanol–water partition coefficient (Wildman–Crippen LogP) is 1.69. The van der Waals surface area contributed by atoms with Crippen molar-refractivity contribution < 1.29 is 9.18 Å². The zero-order valence-corrected chi connectivity index (χ0v) is 10.2. The summed E-state index contributed by atoms with van der Waals surface area (Å²) in [7, 11) is 0. The molecular formula is C12H12FN5O. The molecule has 1 amide bonds. The maximum absolute atomic E-state index is 13.3. The molecular weight excluding hydrogens is 249 g/mol. The minimum atomic E-state index is -0.604. The lowest BCUT2D eigenvalue weighted by molar-refractivity contribution is 0.102. The molecule has 6 nitrogen and oxygen atoms in total. The van der Waals surface area contributed by atoms with Gasteiger partial charge in [0.1, 0.15) is 5.82 Å². The molecule has 0 spiro atoms. The van der Waals surface area contributed by atoms with Gasteiger partial charge in [-0.1, -0.05) is 0 Å². The largest absolute Gasteiger partial charge is 0.369 e. The fourth-order valence-electron chi connectivity index (χ4n) is 1.39. The van der Waals surface area contributed by atoms with Crippen LogP contribution in [0.4, 0.5) is 15.9 Å². The number of rotatable bonds is 4. The Bertz CT molecular complexity index is 573. The summed E-state index contributed by atoms with van der Waals surface area (Å²) in [5.74, 6) is -0.553. The molecule has 2 aromatic rings. The monoisotopic (exact) mass is 261 g/mol. The summed E-state index contributed by atoms with van der Waals surface area (Å²) in [6.07, 6.45) is 2.41. The summed E-state index contributed by atoms with van der Waals surface area (Å²) in [6, 6.07) is 4.52. The number of hydrogen-bond donors (Lipinski definition) is 2. The van der Waals surface area contributed by atoms with Crippen LogP contribution in [-0.4, -0.2) is 27.6 Å². The van der Waals surface area contributed by atoms with E-state index in [1.54, 1.807) is 6.07 Å². The number of halogens is 1. The van der Waals surface area contributed by atoms with Crippen LogP contribution >= 0.6 is 0 Å². The second-order valence-corrected chi connectivity index (χ2v) is 3.64. The predicted molar refractivity (Wildman–Crippen MR) is 68.3 cm³/mol. The van der Waals surface area contributed by atoms with Gasteiger partial charge in [0.15, 0.2) is 11.5 Å². The highest BCUT2D eigenvalue weighted by Crippen LogP contribution is 2.12. The lowest BCUT2D eigenvalue weighted by Crippen LogP contribution is -2.15. The highest BCUT2D eigenvalue weighted by atomic mass is 19.1. The molecule has 0 atom stereocenters. The van der Waals surface area contributed by atoms with Crippen LogP contribution in [0.15, 0.2) is 30.6 Å². The van der Waals surface area contributed by atoms with Crippen molar-refractivity contribution in [3.63, 3.8) is 0 Å². The van der Waals surface area contributed by atoms with Gasteiger partial charge in [-0.2, -0.15) is 0 Å². The summed E-state index contributed by atoms with van der Waals surface area (Å²) in [5, 5.41) is 12.9. The molecule has 0 radical (unpaired) electrons. The molecule has 0 aliphatic carbocycles. The number of anilines is 2. The minimum absolute atomic E-state index is 0.0533. The maximum atomic E-state index is 13.3. The summed E-state index contributed by atoms with van der Waals surface area (Å²) in [4.78, 5) is 15.4. The van der Waals surface area contributed by atoms with Crippen molar-refractivity contribution in [3.05, 3.63) is 42.1 Å². The van der Waals surface area contributed by atoms with Crippen LogP contribution < -0.4 is 10.6 Å². The molecule has 0 aliphatic heterocycles. The molecule has 19 heavy (non-hydrogen) atoms. The van der Waals surface area contributed by atoms with E-state index in [1.807, 2.05) is 6.92 Å². The normalized spacial score (nSPS) is 10.0. The lowest BCUT2D eigenvalue weighted by atomic mass is 10.3. The zero-order valence-electron chi connectivity index (χ0n) is 10.2.